The molecule has 1 N–H and O–H groups in total. The maximum absolute atomic E-state index is 13.6. The van der Waals surface area contributed by atoms with Crippen LogP contribution in [0.5, 0.6) is 0 Å². The highest BCUT2D eigenvalue weighted by Crippen LogP contribution is 2.17. The molecular weight excluding hydrogens is 258 g/mol. The number of rotatable bonds is 5. The summed E-state index contributed by atoms with van der Waals surface area (Å²) in [6.45, 7) is 0.541. The first kappa shape index (κ1) is 14.2. The molecule has 0 aliphatic carbocycles. The van der Waals surface area contributed by atoms with E-state index in [-0.39, 0.29) is 5.56 Å². The molecule has 0 amide bonds. The summed E-state index contributed by atoms with van der Waals surface area (Å²) < 4.78 is 26.5. The van der Waals surface area contributed by atoms with E-state index in [1.165, 1.54) is 6.07 Å². The molecule has 0 aliphatic heterocycles. The third kappa shape index (κ3) is 3.62. The first-order chi connectivity index (χ1) is 9.70. The molecule has 0 radical (unpaired) electrons. The topological polar surface area (TPSA) is 35.8 Å². The lowest BCUT2D eigenvalue weighted by atomic mass is 10.1. The molecule has 0 aromatic heterocycles. The summed E-state index contributed by atoms with van der Waals surface area (Å²) in [5.74, 6) is -1.35. The minimum absolute atomic E-state index is 0.168. The van der Waals surface area contributed by atoms with E-state index < -0.39 is 17.7 Å². The van der Waals surface area contributed by atoms with Crippen LogP contribution in [0.15, 0.2) is 48.5 Å². The SMILES string of the molecule is N#CC(NCCc1ccccc1)c1ccc(F)cc1F. The van der Waals surface area contributed by atoms with Crippen molar-refractivity contribution in [2.45, 2.75) is 12.5 Å². The molecule has 2 aromatic carbocycles. The third-order valence-electron chi connectivity index (χ3n) is 3.01. The third-order valence-corrected chi connectivity index (χ3v) is 3.01. The van der Waals surface area contributed by atoms with Crippen molar-refractivity contribution < 1.29 is 8.78 Å². The fraction of sp³-hybridized carbons (Fsp3) is 0.188. The zero-order valence-electron chi connectivity index (χ0n) is 10.8. The van der Waals surface area contributed by atoms with Crippen LogP contribution in [0, 0.1) is 23.0 Å². The molecule has 1 atom stereocenters. The second-order valence-corrected chi connectivity index (χ2v) is 4.42. The number of hydrogen-bond donors (Lipinski definition) is 1. The van der Waals surface area contributed by atoms with E-state index in [0.717, 1.165) is 24.1 Å². The summed E-state index contributed by atoms with van der Waals surface area (Å²) in [5, 5.41) is 12.1. The van der Waals surface area contributed by atoms with Crippen molar-refractivity contribution in [1.29, 1.82) is 5.26 Å². The van der Waals surface area contributed by atoms with Crippen molar-refractivity contribution in [1.82, 2.24) is 5.32 Å². The predicted molar refractivity (Wildman–Crippen MR) is 72.9 cm³/mol. The Labute approximate surface area is 116 Å². The van der Waals surface area contributed by atoms with Gasteiger partial charge < -0.3 is 0 Å². The second-order valence-electron chi connectivity index (χ2n) is 4.42. The molecule has 2 rings (SSSR count). The maximum Gasteiger partial charge on any atom is 0.131 e. The Morgan fingerprint density at radius 1 is 1.10 bits per heavy atom. The molecule has 0 saturated heterocycles. The van der Waals surface area contributed by atoms with Crippen molar-refractivity contribution in [3.63, 3.8) is 0 Å². The standard InChI is InChI=1S/C16H14F2N2/c17-13-6-7-14(15(18)10-13)16(11-19)20-9-8-12-4-2-1-3-5-12/h1-7,10,16,20H,8-9H2. The number of nitrogens with zero attached hydrogens (tertiary/aromatic N) is 1. The van der Waals surface area contributed by atoms with Gasteiger partial charge in [-0.2, -0.15) is 5.26 Å². The van der Waals surface area contributed by atoms with Gasteiger partial charge in [0.1, 0.15) is 17.7 Å². The van der Waals surface area contributed by atoms with Gasteiger partial charge in [-0.15, -0.1) is 0 Å². The van der Waals surface area contributed by atoms with E-state index in [9.17, 15) is 8.78 Å². The normalized spacial score (nSPS) is 11.8. The van der Waals surface area contributed by atoms with Gasteiger partial charge in [0, 0.05) is 18.2 Å². The summed E-state index contributed by atoms with van der Waals surface area (Å²) in [5.41, 5.74) is 1.30. The molecule has 0 spiro atoms. The average Bonchev–Trinajstić information content (AvgIpc) is 2.46. The monoisotopic (exact) mass is 272 g/mol. The van der Waals surface area contributed by atoms with Gasteiger partial charge in [-0.25, -0.2) is 8.78 Å². The van der Waals surface area contributed by atoms with Crippen LogP contribution in [0.3, 0.4) is 0 Å². The van der Waals surface area contributed by atoms with Crippen molar-refractivity contribution in [2.75, 3.05) is 6.54 Å². The number of nitriles is 1. The van der Waals surface area contributed by atoms with E-state index in [1.54, 1.807) is 0 Å². The van der Waals surface area contributed by atoms with Crippen LogP contribution in [0.4, 0.5) is 8.78 Å². The Hall–Kier alpha value is -2.25. The van der Waals surface area contributed by atoms with Gasteiger partial charge in [-0.05, 0) is 18.1 Å². The average molecular weight is 272 g/mol. The highest BCUT2D eigenvalue weighted by atomic mass is 19.1. The zero-order chi connectivity index (χ0) is 14.4. The lowest BCUT2D eigenvalue weighted by Crippen LogP contribution is -2.23. The van der Waals surface area contributed by atoms with E-state index in [1.807, 2.05) is 36.4 Å². The predicted octanol–water partition coefficient (Wildman–Crippen LogP) is 3.36. The molecule has 0 saturated carbocycles. The minimum atomic E-state index is -0.778. The highest BCUT2D eigenvalue weighted by Gasteiger charge is 2.14. The summed E-state index contributed by atoms with van der Waals surface area (Å²) in [6, 6.07) is 14.2. The van der Waals surface area contributed by atoms with Gasteiger partial charge in [-0.1, -0.05) is 36.4 Å². The van der Waals surface area contributed by atoms with Crippen molar-refractivity contribution in [3.05, 3.63) is 71.3 Å². The minimum Gasteiger partial charge on any atom is -0.298 e. The first-order valence-electron chi connectivity index (χ1n) is 6.32. The second kappa shape index (κ2) is 6.78. The van der Waals surface area contributed by atoms with Gasteiger partial charge in [-0.3, -0.25) is 5.32 Å². The van der Waals surface area contributed by atoms with E-state index >= 15 is 0 Å². The summed E-state index contributed by atoms with van der Waals surface area (Å²) in [4.78, 5) is 0. The Kier molecular flexibility index (Phi) is 4.80. The highest BCUT2D eigenvalue weighted by molar-refractivity contribution is 5.26. The van der Waals surface area contributed by atoms with Gasteiger partial charge >= 0.3 is 0 Å². The molecule has 4 heteroatoms. The van der Waals surface area contributed by atoms with E-state index in [4.69, 9.17) is 5.26 Å². The Balaban J connectivity index is 1.98. The Bertz CT molecular complexity index is 606. The molecule has 2 aromatic rings. The smallest absolute Gasteiger partial charge is 0.131 e. The summed E-state index contributed by atoms with van der Waals surface area (Å²) in [6.07, 6.45) is 0.738. The molecule has 0 fully saturated rings. The van der Waals surface area contributed by atoms with Crippen LogP contribution in [-0.2, 0) is 6.42 Å². The maximum atomic E-state index is 13.6. The number of halogens is 2. The fourth-order valence-corrected chi connectivity index (χ4v) is 1.97. The van der Waals surface area contributed by atoms with Crippen LogP contribution >= 0.6 is 0 Å². The van der Waals surface area contributed by atoms with Gasteiger partial charge in [0.15, 0.2) is 0 Å². The summed E-state index contributed by atoms with van der Waals surface area (Å²) in [7, 11) is 0. The number of benzene rings is 2. The zero-order valence-corrected chi connectivity index (χ0v) is 10.8. The largest absolute Gasteiger partial charge is 0.298 e. The Morgan fingerprint density at radius 3 is 2.50 bits per heavy atom. The van der Waals surface area contributed by atoms with Crippen LogP contribution in [-0.4, -0.2) is 6.54 Å². The lowest BCUT2D eigenvalue weighted by molar-refractivity contribution is 0.544. The Morgan fingerprint density at radius 2 is 1.85 bits per heavy atom. The van der Waals surface area contributed by atoms with E-state index in [2.05, 4.69) is 5.32 Å². The van der Waals surface area contributed by atoms with Gasteiger partial charge in [0.05, 0.1) is 6.07 Å². The quantitative estimate of drug-likeness (QED) is 0.906. The lowest BCUT2D eigenvalue weighted by Gasteiger charge is -2.12. The number of nitrogens with one attached hydrogen (secondary N) is 1. The molecule has 102 valence electrons. The molecule has 20 heavy (non-hydrogen) atoms. The summed E-state index contributed by atoms with van der Waals surface area (Å²) >= 11 is 0. The fourth-order valence-electron chi connectivity index (χ4n) is 1.97. The number of hydrogen-bond acceptors (Lipinski definition) is 2. The first-order valence-corrected chi connectivity index (χ1v) is 6.32. The molecule has 0 aliphatic rings. The van der Waals surface area contributed by atoms with Crippen LogP contribution in [0.1, 0.15) is 17.2 Å². The molecule has 2 nitrogen and oxygen atoms in total. The van der Waals surface area contributed by atoms with Crippen LogP contribution in [0.25, 0.3) is 0 Å². The molecular formula is C16H14F2N2. The van der Waals surface area contributed by atoms with E-state index in [0.29, 0.717) is 6.54 Å². The van der Waals surface area contributed by atoms with Crippen LogP contribution < -0.4 is 5.32 Å². The van der Waals surface area contributed by atoms with Gasteiger partial charge in [0.2, 0.25) is 0 Å². The molecule has 0 heterocycles. The van der Waals surface area contributed by atoms with Gasteiger partial charge in [0.25, 0.3) is 0 Å². The van der Waals surface area contributed by atoms with Crippen LogP contribution in [0.2, 0.25) is 0 Å². The van der Waals surface area contributed by atoms with Crippen molar-refractivity contribution in [3.8, 4) is 6.07 Å². The molecule has 1 unspecified atom stereocenters. The molecule has 0 bridgehead atoms. The van der Waals surface area contributed by atoms with Crippen molar-refractivity contribution >= 4 is 0 Å². The van der Waals surface area contributed by atoms with Crippen molar-refractivity contribution in [2.24, 2.45) is 0 Å².